The number of fused-ring (bicyclic) bond motifs is 1. The highest BCUT2D eigenvalue weighted by atomic mass is 35.5. The molecule has 0 saturated carbocycles. The smallest absolute Gasteiger partial charge is 0.192 e. The topological polar surface area (TPSA) is 30.9 Å². The Bertz CT molecular complexity index is 966. The molecular formula is C22H24Cl2NO3PS. The van der Waals surface area contributed by atoms with Crippen LogP contribution in [0.1, 0.15) is 13.8 Å². The minimum atomic E-state index is -1.09. The molecule has 8 heteroatoms. The maximum Gasteiger partial charge on any atom is 0.192 e. The quantitative estimate of drug-likeness (QED) is 0.215. The zero-order valence-electron chi connectivity index (χ0n) is 17.1. The van der Waals surface area contributed by atoms with Crippen LogP contribution in [-0.4, -0.2) is 26.6 Å². The average molecular weight is 484 g/mol. The van der Waals surface area contributed by atoms with E-state index in [2.05, 4.69) is 22.5 Å². The molecule has 3 aromatic rings. The van der Waals surface area contributed by atoms with Crippen molar-refractivity contribution in [1.82, 2.24) is 0 Å². The number of ether oxygens (including phenoxy) is 1. The van der Waals surface area contributed by atoms with E-state index in [1.54, 1.807) is 25.1 Å². The molecule has 0 aromatic heterocycles. The van der Waals surface area contributed by atoms with Crippen LogP contribution in [-0.2, 0) is 9.05 Å². The summed E-state index contributed by atoms with van der Waals surface area (Å²) in [5, 5.41) is 3.33. The van der Waals surface area contributed by atoms with E-state index in [0.717, 1.165) is 27.1 Å². The van der Waals surface area contributed by atoms with Gasteiger partial charge in [0, 0.05) is 25.7 Å². The molecule has 0 aliphatic rings. The highest BCUT2D eigenvalue weighted by molar-refractivity contribution is 8.01. The highest BCUT2D eigenvalue weighted by Gasteiger charge is 2.20. The Balaban J connectivity index is 2.05. The molecule has 0 bridgehead atoms. The molecule has 0 heterocycles. The van der Waals surface area contributed by atoms with Gasteiger partial charge in [-0.1, -0.05) is 47.5 Å². The minimum Gasteiger partial charge on any atom is -0.496 e. The number of methoxy groups -OCH3 is 1. The Kier molecular flexibility index (Phi) is 8.94. The zero-order chi connectivity index (χ0) is 21.5. The molecule has 3 aromatic carbocycles. The van der Waals surface area contributed by atoms with Gasteiger partial charge in [-0.05, 0) is 56.1 Å². The summed E-state index contributed by atoms with van der Waals surface area (Å²) < 4.78 is 19.5. The average Bonchev–Trinajstić information content (AvgIpc) is 2.72. The van der Waals surface area contributed by atoms with Crippen LogP contribution in [0.4, 0.5) is 5.69 Å². The van der Waals surface area contributed by atoms with Crippen molar-refractivity contribution < 1.29 is 13.8 Å². The standard InChI is InChI=1S/C22H24Cl2NO3PS/c1-4-27-29(28-5-2)15-25(30-18-13-16(23)12-17(24)14-18)21-10-6-9-20-19(21)8-7-11-22(20)26-3/h6-14H,4-5,15H2,1-3H3. The van der Waals surface area contributed by atoms with E-state index in [4.69, 9.17) is 37.0 Å². The van der Waals surface area contributed by atoms with Crippen LogP contribution in [0.15, 0.2) is 59.5 Å². The molecule has 3 rings (SSSR count). The summed E-state index contributed by atoms with van der Waals surface area (Å²) >= 11 is 14.0. The number of benzene rings is 3. The lowest BCUT2D eigenvalue weighted by atomic mass is 10.1. The summed E-state index contributed by atoms with van der Waals surface area (Å²) in [6.07, 6.45) is 0.585. The van der Waals surface area contributed by atoms with Crippen LogP contribution >= 0.6 is 43.5 Å². The number of halogens is 2. The van der Waals surface area contributed by atoms with E-state index in [0.29, 0.717) is 29.5 Å². The van der Waals surface area contributed by atoms with Crippen molar-refractivity contribution in [2.75, 3.05) is 30.9 Å². The van der Waals surface area contributed by atoms with Crippen molar-refractivity contribution in [3.05, 3.63) is 64.6 Å². The van der Waals surface area contributed by atoms with Crippen molar-refractivity contribution in [3.8, 4) is 5.75 Å². The molecular weight excluding hydrogens is 460 g/mol. The normalized spacial score (nSPS) is 11.3. The first-order valence-corrected chi connectivity index (χ1v) is 12.5. The summed E-state index contributed by atoms with van der Waals surface area (Å²) in [6.45, 7) is 5.14. The van der Waals surface area contributed by atoms with Crippen LogP contribution in [0.5, 0.6) is 5.75 Å². The summed E-state index contributed by atoms with van der Waals surface area (Å²) in [5.41, 5.74) is 1.04. The van der Waals surface area contributed by atoms with Crippen LogP contribution in [0.2, 0.25) is 10.0 Å². The Labute approximate surface area is 193 Å². The van der Waals surface area contributed by atoms with Crippen molar-refractivity contribution in [2.45, 2.75) is 18.7 Å². The van der Waals surface area contributed by atoms with Gasteiger partial charge in [-0.3, -0.25) is 0 Å². The summed E-state index contributed by atoms with van der Waals surface area (Å²) in [6, 6.07) is 17.8. The molecule has 30 heavy (non-hydrogen) atoms. The number of nitrogens with zero attached hydrogens (tertiary/aromatic N) is 1. The fraction of sp³-hybridized carbons (Fsp3) is 0.273. The second kappa shape index (κ2) is 11.4. The molecule has 0 saturated heterocycles. The van der Waals surface area contributed by atoms with Gasteiger partial charge in [0.25, 0.3) is 0 Å². The lowest BCUT2D eigenvalue weighted by Crippen LogP contribution is -2.17. The molecule has 0 radical (unpaired) electrons. The first kappa shape index (κ1) is 23.5. The van der Waals surface area contributed by atoms with E-state index in [-0.39, 0.29) is 0 Å². The maximum absolute atomic E-state index is 6.24. The second-order valence-electron chi connectivity index (χ2n) is 6.22. The molecule has 0 spiro atoms. The first-order chi connectivity index (χ1) is 14.5. The van der Waals surface area contributed by atoms with Crippen molar-refractivity contribution >= 4 is 60.0 Å². The third-order valence-electron chi connectivity index (χ3n) is 4.19. The van der Waals surface area contributed by atoms with E-state index < -0.39 is 8.38 Å². The Morgan fingerprint density at radius 1 is 0.900 bits per heavy atom. The third-order valence-corrected chi connectivity index (χ3v) is 7.42. The first-order valence-electron chi connectivity index (χ1n) is 9.56. The number of hydrogen-bond donors (Lipinski definition) is 0. The lowest BCUT2D eigenvalue weighted by molar-refractivity contribution is 0.270. The number of hydrogen-bond acceptors (Lipinski definition) is 5. The highest BCUT2D eigenvalue weighted by Crippen LogP contribution is 2.46. The van der Waals surface area contributed by atoms with Gasteiger partial charge in [0.1, 0.15) is 5.75 Å². The fourth-order valence-electron chi connectivity index (χ4n) is 3.03. The maximum atomic E-state index is 6.24. The van der Waals surface area contributed by atoms with Gasteiger partial charge in [0.15, 0.2) is 8.38 Å². The molecule has 0 unspecified atom stereocenters. The molecule has 0 aliphatic heterocycles. The molecule has 0 aliphatic carbocycles. The fourth-order valence-corrected chi connectivity index (χ4v) is 6.25. The van der Waals surface area contributed by atoms with Gasteiger partial charge in [-0.15, -0.1) is 0 Å². The molecule has 0 fully saturated rings. The molecule has 0 amide bonds. The van der Waals surface area contributed by atoms with E-state index in [1.165, 1.54) is 0 Å². The second-order valence-corrected chi connectivity index (χ2v) is 9.65. The lowest BCUT2D eigenvalue weighted by Gasteiger charge is -2.28. The SMILES string of the molecule is CCOP(CN(Sc1cc(Cl)cc(Cl)c1)c1cccc2c(OC)cccc12)OCC. The van der Waals surface area contributed by atoms with Crippen LogP contribution in [0.3, 0.4) is 0 Å². The van der Waals surface area contributed by atoms with E-state index in [9.17, 15) is 0 Å². The van der Waals surface area contributed by atoms with Gasteiger partial charge in [-0.25, -0.2) is 0 Å². The Morgan fingerprint density at radius 2 is 1.53 bits per heavy atom. The van der Waals surface area contributed by atoms with Crippen LogP contribution in [0.25, 0.3) is 10.8 Å². The predicted molar refractivity (Wildman–Crippen MR) is 130 cm³/mol. The van der Waals surface area contributed by atoms with Gasteiger partial charge in [-0.2, -0.15) is 0 Å². The number of rotatable bonds is 10. The van der Waals surface area contributed by atoms with Crippen LogP contribution in [0, 0.1) is 0 Å². The van der Waals surface area contributed by atoms with Crippen LogP contribution < -0.4 is 9.04 Å². The minimum absolute atomic E-state index is 0.585. The Morgan fingerprint density at radius 3 is 2.17 bits per heavy atom. The van der Waals surface area contributed by atoms with Gasteiger partial charge in [0.05, 0.1) is 32.3 Å². The summed E-state index contributed by atoms with van der Waals surface area (Å²) in [4.78, 5) is 0.940. The monoisotopic (exact) mass is 483 g/mol. The number of anilines is 1. The van der Waals surface area contributed by atoms with E-state index >= 15 is 0 Å². The zero-order valence-corrected chi connectivity index (χ0v) is 20.3. The summed E-state index contributed by atoms with van der Waals surface area (Å²) in [5.74, 6) is 0.835. The predicted octanol–water partition coefficient (Wildman–Crippen LogP) is 8.01. The third kappa shape index (κ3) is 5.94. The van der Waals surface area contributed by atoms with Crippen molar-refractivity contribution in [3.63, 3.8) is 0 Å². The molecule has 0 atom stereocenters. The van der Waals surface area contributed by atoms with Gasteiger partial charge < -0.3 is 18.1 Å². The van der Waals surface area contributed by atoms with Gasteiger partial charge in [0.2, 0.25) is 0 Å². The van der Waals surface area contributed by atoms with Gasteiger partial charge >= 0.3 is 0 Å². The largest absolute Gasteiger partial charge is 0.496 e. The van der Waals surface area contributed by atoms with E-state index in [1.807, 2.05) is 44.2 Å². The summed E-state index contributed by atoms with van der Waals surface area (Å²) in [7, 11) is 0.592. The molecule has 160 valence electrons. The molecule has 0 N–H and O–H groups in total. The van der Waals surface area contributed by atoms with Crippen molar-refractivity contribution in [2.24, 2.45) is 0 Å². The van der Waals surface area contributed by atoms with Crippen molar-refractivity contribution in [1.29, 1.82) is 0 Å². The Hall–Kier alpha value is -1.20. The molecule has 4 nitrogen and oxygen atoms in total.